The first-order chi connectivity index (χ1) is 18.3. The molecule has 1 N–H and O–H groups in total. The van der Waals surface area contributed by atoms with Gasteiger partial charge in [0, 0.05) is 25.7 Å². The SMILES string of the molecule is CCCCCCCCCCCC(=O)NC(COC(=O)CCC)(COC(=O)CCCC)COC(=O)CCCC. The van der Waals surface area contributed by atoms with Gasteiger partial charge in [-0.15, -0.1) is 0 Å². The van der Waals surface area contributed by atoms with Gasteiger partial charge in [-0.3, -0.25) is 19.2 Å². The topological polar surface area (TPSA) is 108 Å². The van der Waals surface area contributed by atoms with Crippen LogP contribution >= 0.6 is 0 Å². The minimum Gasteiger partial charge on any atom is -0.463 e. The molecule has 0 rings (SSSR count). The number of esters is 3. The van der Waals surface area contributed by atoms with Crippen molar-refractivity contribution < 1.29 is 33.4 Å². The molecule has 0 aromatic rings. The molecular formula is C30H55NO7. The van der Waals surface area contributed by atoms with Crippen molar-refractivity contribution in [3.63, 3.8) is 0 Å². The maximum absolute atomic E-state index is 12.9. The van der Waals surface area contributed by atoms with E-state index in [1.807, 2.05) is 20.8 Å². The molecule has 0 unspecified atom stereocenters. The van der Waals surface area contributed by atoms with Crippen LogP contribution in [0.5, 0.6) is 0 Å². The molecule has 0 radical (unpaired) electrons. The molecule has 0 heterocycles. The lowest BCUT2D eigenvalue weighted by Gasteiger charge is -2.33. The van der Waals surface area contributed by atoms with Crippen LogP contribution < -0.4 is 5.32 Å². The first kappa shape index (κ1) is 35.9. The molecule has 38 heavy (non-hydrogen) atoms. The Bertz CT molecular complexity index is 627. The highest BCUT2D eigenvalue weighted by Crippen LogP contribution is 2.15. The third-order valence-electron chi connectivity index (χ3n) is 6.36. The van der Waals surface area contributed by atoms with Crippen molar-refractivity contribution in [2.75, 3.05) is 19.8 Å². The molecule has 8 heteroatoms. The van der Waals surface area contributed by atoms with Crippen molar-refractivity contribution in [2.45, 2.75) is 149 Å². The first-order valence-corrected chi connectivity index (χ1v) is 15.1. The van der Waals surface area contributed by atoms with E-state index in [-0.39, 0.29) is 45.0 Å². The van der Waals surface area contributed by atoms with Crippen molar-refractivity contribution in [3.8, 4) is 0 Å². The Hall–Kier alpha value is -2.12. The largest absolute Gasteiger partial charge is 0.463 e. The lowest BCUT2D eigenvalue weighted by atomic mass is 10.0. The average Bonchev–Trinajstić information content (AvgIpc) is 2.90. The summed E-state index contributed by atoms with van der Waals surface area (Å²) >= 11 is 0. The molecular weight excluding hydrogens is 486 g/mol. The van der Waals surface area contributed by atoms with E-state index in [2.05, 4.69) is 12.2 Å². The highest BCUT2D eigenvalue weighted by molar-refractivity contribution is 5.77. The highest BCUT2D eigenvalue weighted by Gasteiger charge is 2.37. The third kappa shape index (κ3) is 19.9. The number of nitrogens with one attached hydrogen (secondary N) is 1. The predicted molar refractivity (Wildman–Crippen MR) is 150 cm³/mol. The van der Waals surface area contributed by atoms with Gasteiger partial charge in [0.15, 0.2) is 0 Å². The van der Waals surface area contributed by atoms with E-state index in [4.69, 9.17) is 14.2 Å². The monoisotopic (exact) mass is 541 g/mol. The van der Waals surface area contributed by atoms with Crippen LogP contribution in [-0.4, -0.2) is 49.2 Å². The Morgan fingerprint density at radius 1 is 0.474 bits per heavy atom. The van der Waals surface area contributed by atoms with Gasteiger partial charge in [-0.25, -0.2) is 0 Å². The zero-order valence-electron chi connectivity index (χ0n) is 24.7. The second kappa shape index (κ2) is 24.0. The van der Waals surface area contributed by atoms with Crippen LogP contribution in [0.15, 0.2) is 0 Å². The van der Waals surface area contributed by atoms with Gasteiger partial charge in [-0.05, 0) is 25.7 Å². The van der Waals surface area contributed by atoms with Crippen LogP contribution in [0.25, 0.3) is 0 Å². The zero-order valence-corrected chi connectivity index (χ0v) is 24.7. The Kier molecular flexibility index (Phi) is 22.6. The maximum atomic E-state index is 12.9. The van der Waals surface area contributed by atoms with Crippen LogP contribution in [0.3, 0.4) is 0 Å². The van der Waals surface area contributed by atoms with Crippen molar-refractivity contribution >= 4 is 23.8 Å². The average molecular weight is 542 g/mol. The molecule has 8 nitrogen and oxygen atoms in total. The number of carbonyl (C=O) groups is 4. The normalized spacial score (nSPS) is 11.2. The van der Waals surface area contributed by atoms with Gasteiger partial charge in [-0.1, -0.05) is 91.9 Å². The lowest BCUT2D eigenvalue weighted by molar-refractivity contribution is -0.159. The summed E-state index contributed by atoms with van der Waals surface area (Å²) in [5, 5.41) is 2.91. The fourth-order valence-corrected chi connectivity index (χ4v) is 3.91. The Balaban J connectivity index is 5.18. The maximum Gasteiger partial charge on any atom is 0.305 e. The summed E-state index contributed by atoms with van der Waals surface area (Å²) in [5.41, 5.74) is -1.33. The molecule has 0 aliphatic carbocycles. The molecule has 0 saturated carbocycles. The molecule has 222 valence electrons. The summed E-state index contributed by atoms with van der Waals surface area (Å²) < 4.78 is 16.4. The van der Waals surface area contributed by atoms with Crippen LogP contribution in [0, 0.1) is 0 Å². The van der Waals surface area contributed by atoms with E-state index in [1.165, 1.54) is 38.5 Å². The lowest BCUT2D eigenvalue weighted by Crippen LogP contribution is -2.59. The predicted octanol–water partition coefficient (Wildman–Crippen LogP) is 6.57. The number of unbranched alkanes of at least 4 members (excludes halogenated alkanes) is 10. The molecule has 0 aliphatic heterocycles. The van der Waals surface area contributed by atoms with Crippen molar-refractivity contribution in [3.05, 3.63) is 0 Å². The van der Waals surface area contributed by atoms with Crippen LogP contribution in [-0.2, 0) is 33.4 Å². The van der Waals surface area contributed by atoms with Gasteiger partial charge in [0.05, 0.1) is 0 Å². The molecule has 0 bridgehead atoms. The van der Waals surface area contributed by atoms with E-state index in [0.717, 1.165) is 32.1 Å². The molecule has 0 atom stereocenters. The molecule has 0 fully saturated rings. The molecule has 0 aromatic heterocycles. The van der Waals surface area contributed by atoms with Gasteiger partial charge in [0.1, 0.15) is 25.4 Å². The van der Waals surface area contributed by atoms with Crippen molar-refractivity contribution in [2.24, 2.45) is 0 Å². The summed E-state index contributed by atoms with van der Waals surface area (Å²) in [5.74, 6) is -1.46. The standard InChI is InChI=1S/C30H55NO7/c1-5-9-12-13-14-15-16-17-18-20-26(32)31-30(23-36-27(33)19-8-4,24-37-28(34)21-10-6-2)25-38-29(35)22-11-7-3/h5-25H2,1-4H3,(H,31,32). The molecule has 0 saturated heterocycles. The van der Waals surface area contributed by atoms with E-state index >= 15 is 0 Å². The minimum absolute atomic E-state index is 0.231. The summed E-state index contributed by atoms with van der Waals surface area (Å²) in [7, 11) is 0. The van der Waals surface area contributed by atoms with Gasteiger partial charge in [0.2, 0.25) is 5.91 Å². The Morgan fingerprint density at radius 2 is 0.868 bits per heavy atom. The van der Waals surface area contributed by atoms with Crippen LogP contribution in [0.2, 0.25) is 0 Å². The van der Waals surface area contributed by atoms with Gasteiger partial charge < -0.3 is 19.5 Å². The highest BCUT2D eigenvalue weighted by atomic mass is 16.6. The quantitative estimate of drug-likeness (QED) is 0.0791. The zero-order chi connectivity index (χ0) is 28.5. The third-order valence-corrected chi connectivity index (χ3v) is 6.36. The summed E-state index contributed by atoms with van der Waals surface area (Å²) in [6.07, 6.45) is 15.0. The summed E-state index contributed by atoms with van der Waals surface area (Å²) in [4.78, 5) is 49.6. The van der Waals surface area contributed by atoms with Crippen molar-refractivity contribution in [1.29, 1.82) is 0 Å². The van der Waals surface area contributed by atoms with Crippen molar-refractivity contribution in [1.82, 2.24) is 5.32 Å². The van der Waals surface area contributed by atoms with E-state index in [0.29, 0.717) is 25.7 Å². The summed E-state index contributed by atoms with van der Waals surface area (Å²) in [6, 6.07) is 0. The number of rotatable bonds is 25. The molecule has 0 aromatic carbocycles. The molecule has 0 spiro atoms. The van der Waals surface area contributed by atoms with Crippen LogP contribution in [0.4, 0.5) is 0 Å². The second-order valence-electron chi connectivity index (χ2n) is 10.3. The molecule has 1 amide bonds. The van der Waals surface area contributed by atoms with E-state index < -0.39 is 23.4 Å². The van der Waals surface area contributed by atoms with Gasteiger partial charge in [-0.2, -0.15) is 0 Å². The fourth-order valence-electron chi connectivity index (χ4n) is 3.91. The number of amides is 1. The number of hydrogen-bond acceptors (Lipinski definition) is 7. The number of ether oxygens (including phenoxy) is 3. The number of carbonyl (C=O) groups excluding carboxylic acids is 4. The minimum atomic E-state index is -1.33. The smallest absolute Gasteiger partial charge is 0.305 e. The number of hydrogen-bond donors (Lipinski definition) is 1. The summed E-state index contributed by atoms with van der Waals surface area (Å²) in [6.45, 7) is 7.32. The fraction of sp³-hybridized carbons (Fsp3) is 0.867. The van der Waals surface area contributed by atoms with Gasteiger partial charge >= 0.3 is 17.9 Å². The second-order valence-corrected chi connectivity index (χ2v) is 10.3. The van der Waals surface area contributed by atoms with E-state index in [9.17, 15) is 19.2 Å². The molecule has 0 aliphatic rings. The van der Waals surface area contributed by atoms with Crippen LogP contribution in [0.1, 0.15) is 143 Å². The van der Waals surface area contributed by atoms with E-state index in [1.54, 1.807) is 0 Å². The van der Waals surface area contributed by atoms with Gasteiger partial charge in [0.25, 0.3) is 0 Å². The Labute approximate surface area is 231 Å². The Morgan fingerprint density at radius 3 is 1.29 bits per heavy atom. The first-order valence-electron chi connectivity index (χ1n) is 15.1.